The van der Waals surface area contributed by atoms with Crippen LogP contribution < -0.4 is 10.6 Å². The number of carbonyl (C=O) groups excluding carboxylic acids is 2. The van der Waals surface area contributed by atoms with Crippen molar-refractivity contribution in [2.24, 2.45) is 7.05 Å². The van der Waals surface area contributed by atoms with Crippen LogP contribution in [0.1, 0.15) is 30.7 Å². The summed E-state index contributed by atoms with van der Waals surface area (Å²) in [4.78, 5) is 41.3. The van der Waals surface area contributed by atoms with Crippen LogP contribution in [0.2, 0.25) is 5.02 Å². The Kier molecular flexibility index (Phi) is 5.99. The van der Waals surface area contributed by atoms with E-state index in [0.717, 1.165) is 23.5 Å². The average molecular weight is 496 g/mol. The summed E-state index contributed by atoms with van der Waals surface area (Å²) in [7, 11) is 1.71. The number of nitrogens with one attached hydrogen (secondary N) is 2. The lowest BCUT2D eigenvalue weighted by Gasteiger charge is -2.11. The van der Waals surface area contributed by atoms with Crippen LogP contribution >= 0.6 is 22.9 Å². The van der Waals surface area contributed by atoms with E-state index in [1.54, 1.807) is 11.6 Å². The summed E-state index contributed by atoms with van der Waals surface area (Å²) in [6, 6.07) is 3.07. The molecule has 0 atom stereocenters. The van der Waals surface area contributed by atoms with Gasteiger partial charge in [0.05, 0.1) is 29.7 Å². The number of amides is 2. The first-order chi connectivity index (χ1) is 15.6. The summed E-state index contributed by atoms with van der Waals surface area (Å²) in [5.74, 6) is -1.12. The van der Waals surface area contributed by atoms with Crippen molar-refractivity contribution in [1.29, 1.82) is 0 Å². The molecule has 0 bridgehead atoms. The Morgan fingerprint density at radius 2 is 1.94 bits per heavy atom. The van der Waals surface area contributed by atoms with Gasteiger partial charge >= 0.3 is 6.18 Å². The SMILES string of the molecule is Cn1cnc2ncnc(C(=O)NCc3ncc(C(=O)Nc4ccc(Cl)c(C(F)(F)F)c4)s3)c21. The zero-order chi connectivity index (χ0) is 23.8. The van der Waals surface area contributed by atoms with Crippen LogP contribution in [0.5, 0.6) is 0 Å². The number of alkyl halides is 3. The van der Waals surface area contributed by atoms with Crippen LogP contribution in [0.4, 0.5) is 18.9 Å². The number of fused-ring (bicyclic) bond motifs is 1. The molecule has 0 unspecified atom stereocenters. The van der Waals surface area contributed by atoms with Crippen LogP contribution in [0.3, 0.4) is 0 Å². The quantitative estimate of drug-likeness (QED) is 0.436. The first-order valence-electron chi connectivity index (χ1n) is 9.16. The third-order valence-corrected chi connectivity index (χ3v) is 5.76. The largest absolute Gasteiger partial charge is 0.417 e. The van der Waals surface area contributed by atoms with Gasteiger partial charge in [0.15, 0.2) is 11.3 Å². The molecule has 0 radical (unpaired) electrons. The van der Waals surface area contributed by atoms with E-state index in [4.69, 9.17) is 11.6 Å². The highest BCUT2D eigenvalue weighted by Crippen LogP contribution is 2.36. The van der Waals surface area contributed by atoms with E-state index in [2.05, 4.69) is 30.6 Å². The number of benzene rings is 1. The molecular weight excluding hydrogens is 483 g/mol. The number of aromatic nitrogens is 5. The number of hydrogen-bond donors (Lipinski definition) is 2. The maximum absolute atomic E-state index is 13.0. The number of imidazole rings is 1. The molecule has 0 aliphatic rings. The molecule has 4 rings (SSSR count). The number of anilines is 1. The third-order valence-electron chi connectivity index (χ3n) is 4.43. The summed E-state index contributed by atoms with van der Waals surface area (Å²) < 4.78 is 40.6. The van der Waals surface area contributed by atoms with Gasteiger partial charge in [0.1, 0.15) is 21.7 Å². The third kappa shape index (κ3) is 4.78. The summed E-state index contributed by atoms with van der Waals surface area (Å²) in [6.07, 6.45) is -0.637. The number of halogens is 4. The zero-order valence-electron chi connectivity index (χ0n) is 16.6. The molecule has 33 heavy (non-hydrogen) atoms. The van der Waals surface area contributed by atoms with E-state index in [-0.39, 0.29) is 22.8 Å². The smallest absolute Gasteiger partial charge is 0.344 e. The number of aryl methyl sites for hydroxylation is 1. The lowest BCUT2D eigenvalue weighted by molar-refractivity contribution is -0.137. The van der Waals surface area contributed by atoms with Crippen molar-refractivity contribution in [2.75, 3.05) is 5.32 Å². The molecular formula is C19H13ClF3N7O2S. The van der Waals surface area contributed by atoms with Gasteiger partial charge in [-0.2, -0.15) is 13.2 Å². The van der Waals surface area contributed by atoms with Crippen molar-refractivity contribution in [1.82, 2.24) is 29.8 Å². The maximum atomic E-state index is 13.0. The molecule has 0 saturated heterocycles. The van der Waals surface area contributed by atoms with Gasteiger partial charge in [-0.1, -0.05) is 11.6 Å². The van der Waals surface area contributed by atoms with E-state index in [9.17, 15) is 22.8 Å². The summed E-state index contributed by atoms with van der Waals surface area (Å²) in [5.41, 5.74) is -0.138. The summed E-state index contributed by atoms with van der Waals surface area (Å²) in [5, 5.41) is 4.99. The fourth-order valence-corrected chi connectivity index (χ4v) is 3.88. The molecule has 170 valence electrons. The highest BCUT2D eigenvalue weighted by atomic mass is 35.5. The van der Waals surface area contributed by atoms with Gasteiger partial charge in [-0.25, -0.2) is 19.9 Å². The van der Waals surface area contributed by atoms with Gasteiger partial charge in [0.2, 0.25) is 0 Å². The summed E-state index contributed by atoms with van der Waals surface area (Å²) >= 11 is 6.57. The van der Waals surface area contributed by atoms with E-state index in [1.807, 2.05) is 0 Å². The molecule has 3 aromatic heterocycles. The molecule has 14 heteroatoms. The fourth-order valence-electron chi connectivity index (χ4n) is 2.90. The first kappa shape index (κ1) is 22.6. The molecule has 3 heterocycles. The highest BCUT2D eigenvalue weighted by Gasteiger charge is 2.33. The van der Waals surface area contributed by atoms with E-state index in [1.165, 1.54) is 24.9 Å². The number of thiazole rings is 1. The second-order valence-electron chi connectivity index (χ2n) is 6.70. The topological polar surface area (TPSA) is 115 Å². The Hall–Kier alpha value is -3.58. The lowest BCUT2D eigenvalue weighted by Crippen LogP contribution is -2.24. The minimum Gasteiger partial charge on any atom is -0.344 e. The molecule has 0 saturated carbocycles. The minimum atomic E-state index is -4.65. The number of nitrogens with zero attached hydrogens (tertiary/aromatic N) is 5. The minimum absolute atomic E-state index is 0.0132. The second-order valence-corrected chi connectivity index (χ2v) is 8.22. The predicted molar refractivity (Wildman–Crippen MR) is 114 cm³/mol. The van der Waals surface area contributed by atoms with Gasteiger partial charge < -0.3 is 15.2 Å². The summed E-state index contributed by atoms with van der Waals surface area (Å²) in [6.45, 7) is 0.0132. The maximum Gasteiger partial charge on any atom is 0.417 e. The highest BCUT2D eigenvalue weighted by molar-refractivity contribution is 7.13. The van der Waals surface area contributed by atoms with Crippen LogP contribution in [0, 0.1) is 0 Å². The zero-order valence-corrected chi connectivity index (χ0v) is 18.2. The predicted octanol–water partition coefficient (Wildman–Crippen LogP) is 3.67. The van der Waals surface area contributed by atoms with Crippen LogP contribution in [-0.4, -0.2) is 36.3 Å². The van der Waals surface area contributed by atoms with Crippen molar-refractivity contribution in [3.63, 3.8) is 0 Å². The molecule has 0 aliphatic heterocycles. The molecule has 0 fully saturated rings. The van der Waals surface area contributed by atoms with Gasteiger partial charge in [-0.3, -0.25) is 9.59 Å². The van der Waals surface area contributed by atoms with Crippen molar-refractivity contribution >= 4 is 51.6 Å². The Morgan fingerprint density at radius 3 is 2.70 bits per heavy atom. The Balaban J connectivity index is 1.42. The van der Waals surface area contributed by atoms with Gasteiger partial charge in [-0.15, -0.1) is 11.3 Å². The van der Waals surface area contributed by atoms with Crippen LogP contribution in [0.25, 0.3) is 11.2 Å². The molecule has 2 amide bonds. The van der Waals surface area contributed by atoms with E-state index < -0.39 is 28.6 Å². The average Bonchev–Trinajstić information content (AvgIpc) is 3.40. The van der Waals surface area contributed by atoms with E-state index in [0.29, 0.717) is 16.2 Å². The van der Waals surface area contributed by atoms with Gasteiger partial charge in [0.25, 0.3) is 11.8 Å². The monoisotopic (exact) mass is 495 g/mol. The normalized spacial score (nSPS) is 11.5. The van der Waals surface area contributed by atoms with Crippen molar-refractivity contribution in [3.05, 3.63) is 63.2 Å². The first-order valence-corrected chi connectivity index (χ1v) is 10.4. The Morgan fingerprint density at radius 1 is 1.15 bits per heavy atom. The molecule has 4 aromatic rings. The Bertz CT molecular complexity index is 1370. The molecule has 1 aromatic carbocycles. The van der Waals surface area contributed by atoms with Crippen LogP contribution in [-0.2, 0) is 19.8 Å². The molecule has 0 spiro atoms. The van der Waals surface area contributed by atoms with Crippen molar-refractivity contribution in [2.45, 2.75) is 12.7 Å². The fraction of sp³-hybridized carbons (Fsp3) is 0.158. The lowest BCUT2D eigenvalue weighted by atomic mass is 10.2. The van der Waals surface area contributed by atoms with Crippen LogP contribution in [0.15, 0.2) is 37.1 Å². The van der Waals surface area contributed by atoms with Crippen molar-refractivity contribution in [3.8, 4) is 0 Å². The number of hydrogen-bond acceptors (Lipinski definition) is 7. The van der Waals surface area contributed by atoms with Crippen molar-refractivity contribution < 1.29 is 22.8 Å². The van der Waals surface area contributed by atoms with Gasteiger partial charge in [-0.05, 0) is 18.2 Å². The Labute approximate surface area is 192 Å². The molecule has 0 aliphatic carbocycles. The molecule has 2 N–H and O–H groups in total. The molecule has 9 nitrogen and oxygen atoms in total. The number of carbonyl (C=O) groups is 2. The number of rotatable bonds is 5. The second kappa shape index (κ2) is 8.75. The van der Waals surface area contributed by atoms with E-state index >= 15 is 0 Å². The standard InChI is InChI=1S/C19H13ClF3N7O2S/c1-30-8-28-16-15(30)14(26-7-27-16)18(32)25-6-13-24-5-12(33-13)17(31)29-9-2-3-11(20)10(4-9)19(21,22)23/h2-5,7-8H,6H2,1H3,(H,25,32)(H,29,31). The van der Waals surface area contributed by atoms with Gasteiger partial charge in [0, 0.05) is 12.7 Å².